The van der Waals surface area contributed by atoms with Crippen LogP contribution in [0.15, 0.2) is 47.5 Å². The maximum absolute atomic E-state index is 11.9. The molecule has 3 rings (SSSR count). The highest BCUT2D eigenvalue weighted by Gasteiger charge is 2.07. The van der Waals surface area contributed by atoms with Crippen LogP contribution in [0.1, 0.15) is 10.5 Å². The third-order valence-electron chi connectivity index (χ3n) is 3.30. The van der Waals surface area contributed by atoms with Crippen LogP contribution in [-0.2, 0) is 7.05 Å². The molecule has 0 aliphatic rings. The SMILES string of the molecule is Cn1nc(C(=O)NCCNc2ccc(-n3cccn3)nn2)ccc1=O. The van der Waals surface area contributed by atoms with Gasteiger partial charge >= 0.3 is 0 Å². The van der Waals surface area contributed by atoms with E-state index in [1.54, 1.807) is 35.3 Å². The molecular weight excluding hydrogens is 324 g/mol. The molecule has 0 aromatic carbocycles. The third kappa shape index (κ3) is 4.05. The van der Waals surface area contributed by atoms with Crippen LogP contribution >= 0.6 is 0 Å². The molecule has 0 radical (unpaired) electrons. The number of carbonyl (C=O) groups is 1. The zero-order chi connectivity index (χ0) is 17.6. The minimum atomic E-state index is -0.350. The van der Waals surface area contributed by atoms with Crippen LogP contribution in [0.5, 0.6) is 0 Å². The zero-order valence-corrected chi connectivity index (χ0v) is 13.5. The Morgan fingerprint density at radius 3 is 2.72 bits per heavy atom. The number of carbonyl (C=O) groups excluding carboxylic acids is 1. The van der Waals surface area contributed by atoms with Gasteiger partial charge in [0.1, 0.15) is 11.5 Å². The van der Waals surface area contributed by atoms with Crippen LogP contribution in [-0.4, -0.2) is 48.8 Å². The number of aryl methyl sites for hydroxylation is 1. The van der Waals surface area contributed by atoms with Crippen LogP contribution in [0.3, 0.4) is 0 Å². The van der Waals surface area contributed by atoms with E-state index < -0.39 is 0 Å². The summed E-state index contributed by atoms with van der Waals surface area (Å²) in [6, 6.07) is 8.06. The van der Waals surface area contributed by atoms with E-state index in [1.165, 1.54) is 19.2 Å². The summed E-state index contributed by atoms with van der Waals surface area (Å²) in [6.45, 7) is 0.833. The van der Waals surface area contributed by atoms with Crippen molar-refractivity contribution in [2.75, 3.05) is 18.4 Å². The number of nitrogens with zero attached hydrogens (tertiary/aromatic N) is 6. The Morgan fingerprint density at radius 1 is 1.16 bits per heavy atom. The highest BCUT2D eigenvalue weighted by atomic mass is 16.2. The van der Waals surface area contributed by atoms with Gasteiger partial charge in [-0.1, -0.05) is 0 Å². The first-order chi connectivity index (χ1) is 12.1. The number of nitrogens with one attached hydrogen (secondary N) is 2. The van der Waals surface area contributed by atoms with Gasteiger partial charge in [-0.3, -0.25) is 9.59 Å². The molecule has 3 aromatic rings. The molecule has 0 unspecified atom stereocenters. The van der Waals surface area contributed by atoms with Gasteiger partial charge in [-0.15, -0.1) is 10.2 Å². The molecule has 1 amide bonds. The summed E-state index contributed by atoms with van der Waals surface area (Å²) in [4.78, 5) is 23.2. The van der Waals surface area contributed by atoms with Crippen molar-refractivity contribution in [3.8, 4) is 5.82 Å². The van der Waals surface area contributed by atoms with Gasteiger partial charge in [0.15, 0.2) is 5.82 Å². The number of amides is 1. The van der Waals surface area contributed by atoms with Crippen LogP contribution in [0, 0.1) is 0 Å². The van der Waals surface area contributed by atoms with Crippen molar-refractivity contribution < 1.29 is 4.79 Å². The topological polar surface area (TPSA) is 120 Å². The van der Waals surface area contributed by atoms with Crippen molar-refractivity contribution in [2.24, 2.45) is 7.05 Å². The Balaban J connectivity index is 1.47. The fourth-order valence-electron chi connectivity index (χ4n) is 2.03. The second-order valence-corrected chi connectivity index (χ2v) is 5.09. The van der Waals surface area contributed by atoms with Gasteiger partial charge in [0, 0.05) is 38.6 Å². The molecule has 25 heavy (non-hydrogen) atoms. The molecule has 3 aromatic heterocycles. The molecule has 3 heterocycles. The van der Waals surface area contributed by atoms with Gasteiger partial charge in [-0.25, -0.2) is 9.36 Å². The summed E-state index contributed by atoms with van der Waals surface area (Å²) >= 11 is 0. The minimum absolute atomic E-state index is 0.186. The molecule has 2 N–H and O–H groups in total. The fraction of sp³-hybridized carbons (Fsp3) is 0.200. The van der Waals surface area contributed by atoms with E-state index in [2.05, 4.69) is 31.0 Å². The number of rotatable bonds is 6. The van der Waals surface area contributed by atoms with E-state index in [9.17, 15) is 9.59 Å². The monoisotopic (exact) mass is 340 g/mol. The molecular formula is C15H16N8O2. The summed E-state index contributed by atoms with van der Waals surface area (Å²) < 4.78 is 2.72. The predicted molar refractivity (Wildman–Crippen MR) is 89.5 cm³/mol. The van der Waals surface area contributed by atoms with E-state index in [0.29, 0.717) is 24.7 Å². The van der Waals surface area contributed by atoms with Crippen LogP contribution < -0.4 is 16.2 Å². The van der Waals surface area contributed by atoms with Gasteiger partial charge in [0.25, 0.3) is 11.5 Å². The molecule has 0 saturated carbocycles. The first-order valence-corrected chi connectivity index (χ1v) is 7.54. The lowest BCUT2D eigenvalue weighted by molar-refractivity contribution is 0.0948. The van der Waals surface area contributed by atoms with Crippen LogP contribution in [0.2, 0.25) is 0 Å². The minimum Gasteiger partial charge on any atom is -0.367 e. The normalized spacial score (nSPS) is 10.4. The van der Waals surface area contributed by atoms with Crippen molar-refractivity contribution >= 4 is 11.7 Å². The van der Waals surface area contributed by atoms with E-state index in [4.69, 9.17) is 0 Å². The lowest BCUT2D eigenvalue weighted by atomic mass is 10.3. The molecule has 10 heteroatoms. The predicted octanol–water partition coefficient (Wildman–Crippen LogP) is -0.402. The summed E-state index contributed by atoms with van der Waals surface area (Å²) in [6.07, 6.45) is 3.44. The Hall–Kier alpha value is -3.56. The van der Waals surface area contributed by atoms with Crippen LogP contribution in [0.4, 0.5) is 5.82 Å². The third-order valence-corrected chi connectivity index (χ3v) is 3.30. The molecule has 0 saturated heterocycles. The zero-order valence-electron chi connectivity index (χ0n) is 13.5. The van der Waals surface area contributed by atoms with Crippen molar-refractivity contribution in [1.82, 2.24) is 35.1 Å². The Labute approximate surface area is 142 Å². The van der Waals surface area contributed by atoms with Gasteiger partial charge in [-0.05, 0) is 24.3 Å². The molecule has 0 spiro atoms. The van der Waals surface area contributed by atoms with Crippen molar-refractivity contribution in [3.63, 3.8) is 0 Å². The number of aromatic nitrogens is 6. The summed E-state index contributed by atoms with van der Waals surface area (Å²) in [5, 5.41) is 21.8. The highest BCUT2D eigenvalue weighted by Crippen LogP contribution is 2.04. The Morgan fingerprint density at radius 2 is 2.04 bits per heavy atom. The average molecular weight is 340 g/mol. The largest absolute Gasteiger partial charge is 0.367 e. The van der Waals surface area contributed by atoms with Crippen molar-refractivity contribution in [2.45, 2.75) is 0 Å². The maximum atomic E-state index is 11.9. The average Bonchev–Trinajstić information content (AvgIpc) is 3.16. The van der Waals surface area contributed by atoms with E-state index in [-0.39, 0.29) is 17.2 Å². The second kappa shape index (κ2) is 7.34. The molecule has 10 nitrogen and oxygen atoms in total. The van der Waals surface area contributed by atoms with Crippen molar-refractivity contribution in [1.29, 1.82) is 0 Å². The molecule has 0 aliphatic carbocycles. The van der Waals surface area contributed by atoms with Gasteiger partial charge < -0.3 is 10.6 Å². The molecule has 0 aliphatic heterocycles. The molecule has 128 valence electrons. The van der Waals surface area contributed by atoms with E-state index in [0.717, 1.165) is 4.68 Å². The van der Waals surface area contributed by atoms with E-state index in [1.807, 2.05) is 0 Å². The standard InChI is InChI=1S/C15H16N8O2/c1-22-14(24)6-3-11(21-22)15(25)17-9-8-16-12-4-5-13(20-19-12)23-10-2-7-18-23/h2-7,10H,8-9H2,1H3,(H,16,19)(H,17,25). The van der Waals surface area contributed by atoms with Gasteiger partial charge in [0.2, 0.25) is 0 Å². The van der Waals surface area contributed by atoms with Gasteiger partial charge in [0.05, 0.1) is 0 Å². The number of hydrogen-bond acceptors (Lipinski definition) is 7. The second-order valence-electron chi connectivity index (χ2n) is 5.09. The first-order valence-electron chi connectivity index (χ1n) is 7.54. The lowest BCUT2D eigenvalue weighted by Gasteiger charge is -2.07. The quantitative estimate of drug-likeness (QED) is 0.586. The molecule has 0 bridgehead atoms. The van der Waals surface area contributed by atoms with Crippen molar-refractivity contribution in [3.05, 3.63) is 58.8 Å². The number of anilines is 1. The Kier molecular flexibility index (Phi) is 4.79. The van der Waals surface area contributed by atoms with Crippen LogP contribution in [0.25, 0.3) is 5.82 Å². The molecule has 0 fully saturated rings. The maximum Gasteiger partial charge on any atom is 0.271 e. The smallest absolute Gasteiger partial charge is 0.271 e. The highest BCUT2D eigenvalue weighted by molar-refractivity contribution is 5.91. The fourth-order valence-corrected chi connectivity index (χ4v) is 2.03. The number of hydrogen-bond donors (Lipinski definition) is 2. The summed E-state index contributed by atoms with van der Waals surface area (Å²) in [5.74, 6) is 0.854. The summed E-state index contributed by atoms with van der Waals surface area (Å²) in [7, 11) is 1.49. The molecule has 0 atom stereocenters. The lowest BCUT2D eigenvalue weighted by Crippen LogP contribution is -2.31. The first kappa shape index (κ1) is 16.3. The van der Waals surface area contributed by atoms with Gasteiger partial charge in [-0.2, -0.15) is 10.2 Å². The van der Waals surface area contributed by atoms with E-state index >= 15 is 0 Å². The Bertz CT molecular complexity index is 902. The summed E-state index contributed by atoms with van der Waals surface area (Å²) in [5.41, 5.74) is -0.0826.